The summed E-state index contributed by atoms with van der Waals surface area (Å²) in [7, 11) is 0. The van der Waals surface area contributed by atoms with Gasteiger partial charge in [0.15, 0.2) is 0 Å². The molecule has 5 heteroatoms. The van der Waals surface area contributed by atoms with E-state index in [1.54, 1.807) is 6.07 Å². The number of hydrogen-bond donors (Lipinski definition) is 1. The van der Waals surface area contributed by atoms with E-state index in [0.29, 0.717) is 18.4 Å². The van der Waals surface area contributed by atoms with Gasteiger partial charge < -0.3 is 5.73 Å². The van der Waals surface area contributed by atoms with E-state index in [1.807, 2.05) is 6.07 Å². The minimum absolute atomic E-state index is 0. The van der Waals surface area contributed by atoms with Gasteiger partial charge in [0.05, 0.1) is 12.2 Å². The molecule has 0 aromatic carbocycles. The first kappa shape index (κ1) is 14.2. The van der Waals surface area contributed by atoms with Crippen molar-refractivity contribution in [3.05, 3.63) is 28.2 Å². The third kappa shape index (κ3) is 3.54. The summed E-state index contributed by atoms with van der Waals surface area (Å²) in [5.41, 5.74) is 6.94. The molecule has 0 spiro atoms. The molecule has 17 heavy (non-hydrogen) atoms. The molecule has 1 fully saturated rings. The second-order valence-electron chi connectivity index (χ2n) is 4.96. The number of nitrogens with two attached hydrogens (primary N) is 1. The van der Waals surface area contributed by atoms with Gasteiger partial charge in [0, 0.05) is 18.0 Å². The highest BCUT2D eigenvalue weighted by atomic mass is 35.5. The predicted molar refractivity (Wildman–Crippen MR) is 70.5 cm³/mol. The van der Waals surface area contributed by atoms with E-state index in [-0.39, 0.29) is 24.0 Å². The van der Waals surface area contributed by atoms with E-state index < -0.39 is 0 Å². The van der Waals surface area contributed by atoms with Gasteiger partial charge in [-0.2, -0.15) is 5.10 Å². The lowest BCUT2D eigenvalue weighted by molar-refractivity contribution is 0.400. The van der Waals surface area contributed by atoms with Crippen molar-refractivity contribution < 1.29 is 0 Å². The van der Waals surface area contributed by atoms with Crippen molar-refractivity contribution >= 4 is 12.4 Å². The molecule has 1 aliphatic carbocycles. The van der Waals surface area contributed by atoms with Crippen LogP contribution < -0.4 is 11.3 Å². The van der Waals surface area contributed by atoms with Crippen molar-refractivity contribution in [3.63, 3.8) is 0 Å². The third-order valence-electron chi connectivity index (χ3n) is 3.12. The summed E-state index contributed by atoms with van der Waals surface area (Å²) >= 11 is 0. The molecule has 2 N–H and O–H groups in total. The zero-order valence-electron chi connectivity index (χ0n) is 10.3. The molecule has 1 aromatic heterocycles. The summed E-state index contributed by atoms with van der Waals surface area (Å²) in [4.78, 5) is 11.6. The normalized spacial score (nSPS) is 16.7. The van der Waals surface area contributed by atoms with E-state index in [1.165, 1.54) is 17.5 Å². The highest BCUT2D eigenvalue weighted by molar-refractivity contribution is 5.85. The monoisotopic (exact) mass is 257 g/mol. The van der Waals surface area contributed by atoms with Crippen molar-refractivity contribution in [1.29, 1.82) is 0 Å². The van der Waals surface area contributed by atoms with Gasteiger partial charge in [-0.25, -0.2) is 4.68 Å². The Labute approximate surface area is 108 Å². The Morgan fingerprint density at radius 2 is 2.12 bits per heavy atom. The van der Waals surface area contributed by atoms with Crippen LogP contribution in [0, 0.1) is 5.92 Å². The highest BCUT2D eigenvalue weighted by Crippen LogP contribution is 2.38. The maximum Gasteiger partial charge on any atom is 0.266 e. The Balaban J connectivity index is 0.00000144. The van der Waals surface area contributed by atoms with Crippen LogP contribution in [-0.2, 0) is 6.54 Å². The van der Waals surface area contributed by atoms with Crippen LogP contribution in [0.5, 0.6) is 0 Å². The first-order chi connectivity index (χ1) is 7.58. The molecule has 1 saturated carbocycles. The molecule has 1 heterocycles. The van der Waals surface area contributed by atoms with Crippen molar-refractivity contribution in [2.75, 3.05) is 0 Å². The lowest BCUT2D eigenvalue weighted by Crippen LogP contribution is -2.36. The van der Waals surface area contributed by atoms with Crippen LogP contribution in [0.2, 0.25) is 0 Å². The smallest absolute Gasteiger partial charge is 0.266 e. The van der Waals surface area contributed by atoms with E-state index in [0.717, 1.165) is 5.69 Å². The summed E-state index contributed by atoms with van der Waals surface area (Å²) < 4.78 is 1.51. The maximum atomic E-state index is 11.6. The van der Waals surface area contributed by atoms with Crippen molar-refractivity contribution in [1.82, 2.24) is 9.78 Å². The van der Waals surface area contributed by atoms with Crippen LogP contribution in [-0.4, -0.2) is 15.8 Å². The van der Waals surface area contributed by atoms with Gasteiger partial charge in [-0.1, -0.05) is 13.8 Å². The second-order valence-corrected chi connectivity index (χ2v) is 4.96. The summed E-state index contributed by atoms with van der Waals surface area (Å²) in [6.45, 7) is 4.62. The van der Waals surface area contributed by atoms with E-state index >= 15 is 0 Å². The second kappa shape index (κ2) is 5.65. The SMILES string of the molecule is CC(C)[C@@H](N)Cn1nc(C2CC2)ccc1=O.Cl. The van der Waals surface area contributed by atoms with Gasteiger partial charge in [-0.3, -0.25) is 4.79 Å². The maximum absolute atomic E-state index is 11.6. The van der Waals surface area contributed by atoms with E-state index in [2.05, 4.69) is 18.9 Å². The molecule has 1 aromatic rings. The van der Waals surface area contributed by atoms with Crippen LogP contribution in [0.4, 0.5) is 0 Å². The molecule has 96 valence electrons. The van der Waals surface area contributed by atoms with Crippen LogP contribution in [0.1, 0.15) is 38.3 Å². The van der Waals surface area contributed by atoms with Gasteiger partial charge in [0.1, 0.15) is 0 Å². The zero-order valence-corrected chi connectivity index (χ0v) is 11.1. The zero-order chi connectivity index (χ0) is 11.7. The molecule has 0 radical (unpaired) electrons. The third-order valence-corrected chi connectivity index (χ3v) is 3.12. The first-order valence-corrected chi connectivity index (χ1v) is 5.91. The Bertz CT molecular complexity index is 426. The first-order valence-electron chi connectivity index (χ1n) is 5.91. The average molecular weight is 258 g/mol. The number of halogens is 1. The average Bonchev–Trinajstić information content (AvgIpc) is 3.04. The van der Waals surface area contributed by atoms with Crippen molar-refractivity contribution in [3.8, 4) is 0 Å². The van der Waals surface area contributed by atoms with Gasteiger partial charge in [0.2, 0.25) is 0 Å². The molecule has 0 amide bonds. The van der Waals surface area contributed by atoms with Gasteiger partial charge in [0.25, 0.3) is 5.56 Å². The minimum atomic E-state index is -0.0551. The summed E-state index contributed by atoms with van der Waals surface area (Å²) in [5.74, 6) is 0.931. The van der Waals surface area contributed by atoms with E-state index in [4.69, 9.17) is 5.73 Å². The predicted octanol–water partition coefficient (Wildman–Crippen LogP) is 1.53. The van der Waals surface area contributed by atoms with Gasteiger partial charge in [-0.15, -0.1) is 12.4 Å². The molecule has 1 atom stereocenters. The molecule has 0 bridgehead atoms. The van der Waals surface area contributed by atoms with Crippen LogP contribution in [0.3, 0.4) is 0 Å². The van der Waals surface area contributed by atoms with E-state index in [9.17, 15) is 4.79 Å². The van der Waals surface area contributed by atoms with Gasteiger partial charge in [-0.05, 0) is 24.8 Å². The topological polar surface area (TPSA) is 60.9 Å². The lowest BCUT2D eigenvalue weighted by atomic mass is 10.1. The Morgan fingerprint density at radius 1 is 1.47 bits per heavy atom. The highest BCUT2D eigenvalue weighted by Gasteiger charge is 2.25. The van der Waals surface area contributed by atoms with Crippen molar-refractivity contribution in [2.45, 2.75) is 45.2 Å². The molecule has 0 aliphatic heterocycles. The molecule has 0 saturated heterocycles. The Morgan fingerprint density at radius 3 is 2.65 bits per heavy atom. The molecular formula is C12H20ClN3O. The van der Waals surface area contributed by atoms with Gasteiger partial charge >= 0.3 is 0 Å². The lowest BCUT2D eigenvalue weighted by Gasteiger charge is -2.16. The standard InChI is InChI=1S/C12H19N3O.ClH/c1-8(2)10(13)7-15-12(16)6-5-11(14-15)9-3-4-9;/h5-6,8-10H,3-4,7,13H2,1-2H3;1H/t10-;/m0./s1. The summed E-state index contributed by atoms with van der Waals surface area (Å²) in [6.07, 6.45) is 2.39. The molecule has 0 unspecified atom stereocenters. The Kier molecular flexibility index (Phi) is 4.71. The van der Waals surface area contributed by atoms with Crippen LogP contribution in [0.15, 0.2) is 16.9 Å². The number of aromatic nitrogens is 2. The number of rotatable bonds is 4. The fraction of sp³-hybridized carbons (Fsp3) is 0.667. The molecule has 1 aliphatic rings. The fourth-order valence-electron chi connectivity index (χ4n) is 1.60. The largest absolute Gasteiger partial charge is 0.326 e. The fourth-order valence-corrected chi connectivity index (χ4v) is 1.60. The molecular weight excluding hydrogens is 238 g/mol. The molecule has 2 rings (SSSR count). The van der Waals surface area contributed by atoms with Crippen LogP contribution >= 0.6 is 12.4 Å². The quantitative estimate of drug-likeness (QED) is 0.890. The molecule has 4 nitrogen and oxygen atoms in total. The number of nitrogens with zero attached hydrogens (tertiary/aromatic N) is 2. The summed E-state index contributed by atoms with van der Waals surface area (Å²) in [5, 5.41) is 4.38. The number of hydrogen-bond acceptors (Lipinski definition) is 3. The van der Waals surface area contributed by atoms with Crippen LogP contribution in [0.25, 0.3) is 0 Å². The minimum Gasteiger partial charge on any atom is -0.326 e. The van der Waals surface area contributed by atoms with Crippen molar-refractivity contribution in [2.24, 2.45) is 11.7 Å². The summed E-state index contributed by atoms with van der Waals surface area (Å²) in [6, 6.07) is 3.44. The Hall–Kier alpha value is -0.870.